The first-order valence-corrected chi connectivity index (χ1v) is 12.9. The lowest BCUT2D eigenvalue weighted by Gasteiger charge is -2.39. The number of hydrogen-bond donors (Lipinski definition) is 1. The van der Waals surface area contributed by atoms with Gasteiger partial charge in [-0.1, -0.05) is 24.1 Å². The van der Waals surface area contributed by atoms with Gasteiger partial charge in [-0.3, -0.25) is 0 Å². The van der Waals surface area contributed by atoms with Crippen molar-refractivity contribution in [3.05, 3.63) is 29.3 Å². The van der Waals surface area contributed by atoms with Crippen LogP contribution in [0.2, 0.25) is 0 Å². The molecule has 2 aliphatic heterocycles. The Morgan fingerprint density at radius 2 is 1.87 bits per heavy atom. The first kappa shape index (κ1) is 23.0. The molecule has 1 N–H and O–H groups in total. The molecule has 1 aromatic rings. The number of nitrogens with zero attached hydrogens (tertiary/aromatic N) is 3. The molecular formula is C22H36N4O3S. The Kier molecular flexibility index (Phi) is 7.76. The maximum Gasteiger partial charge on any atom is 0.321 e. The highest BCUT2D eigenvalue weighted by Crippen LogP contribution is 2.21. The van der Waals surface area contributed by atoms with E-state index in [1.54, 1.807) is 9.21 Å². The summed E-state index contributed by atoms with van der Waals surface area (Å²) in [6, 6.07) is 5.62. The molecule has 0 bridgehead atoms. The molecule has 1 unspecified atom stereocenters. The van der Waals surface area contributed by atoms with Gasteiger partial charge in [0.05, 0.1) is 6.26 Å². The SMILES string of the molecule is Cc1ccc(NC(=O)N2CCCC(N(CCN3CCCCC3)S(C)(=O)=O)C2)c(C)c1. The van der Waals surface area contributed by atoms with Gasteiger partial charge < -0.3 is 15.1 Å². The smallest absolute Gasteiger partial charge is 0.321 e. The summed E-state index contributed by atoms with van der Waals surface area (Å²) in [7, 11) is -3.34. The quantitative estimate of drug-likeness (QED) is 0.744. The van der Waals surface area contributed by atoms with Gasteiger partial charge in [0.2, 0.25) is 10.0 Å². The van der Waals surface area contributed by atoms with E-state index in [1.165, 1.54) is 25.5 Å². The summed E-state index contributed by atoms with van der Waals surface area (Å²) in [6.07, 6.45) is 6.53. The fraction of sp³-hybridized carbons (Fsp3) is 0.682. The van der Waals surface area contributed by atoms with E-state index in [4.69, 9.17) is 0 Å². The summed E-state index contributed by atoms with van der Waals surface area (Å²) in [5, 5.41) is 3.00. The van der Waals surface area contributed by atoms with Crippen molar-refractivity contribution in [1.29, 1.82) is 0 Å². The number of sulfonamides is 1. The first-order valence-electron chi connectivity index (χ1n) is 11.1. The predicted molar refractivity (Wildman–Crippen MR) is 121 cm³/mol. The van der Waals surface area contributed by atoms with Crippen LogP contribution in [0.3, 0.4) is 0 Å². The molecule has 2 heterocycles. The Morgan fingerprint density at radius 1 is 1.13 bits per heavy atom. The number of aryl methyl sites for hydroxylation is 2. The number of hydrogen-bond acceptors (Lipinski definition) is 4. The molecule has 168 valence electrons. The number of carbonyl (C=O) groups is 1. The zero-order valence-corrected chi connectivity index (χ0v) is 19.4. The highest BCUT2D eigenvalue weighted by molar-refractivity contribution is 7.88. The van der Waals surface area contributed by atoms with Crippen molar-refractivity contribution in [2.24, 2.45) is 0 Å². The Labute approximate surface area is 181 Å². The highest BCUT2D eigenvalue weighted by Gasteiger charge is 2.33. The monoisotopic (exact) mass is 436 g/mol. The number of benzene rings is 1. The number of likely N-dealkylation sites (tertiary alicyclic amines) is 2. The van der Waals surface area contributed by atoms with E-state index in [0.29, 0.717) is 19.6 Å². The van der Waals surface area contributed by atoms with Gasteiger partial charge in [0.1, 0.15) is 0 Å². The van der Waals surface area contributed by atoms with E-state index in [2.05, 4.69) is 10.2 Å². The molecule has 8 heteroatoms. The third-order valence-electron chi connectivity index (χ3n) is 6.23. The van der Waals surface area contributed by atoms with Crippen LogP contribution in [0.4, 0.5) is 10.5 Å². The van der Waals surface area contributed by atoms with Gasteiger partial charge >= 0.3 is 6.03 Å². The fourth-order valence-corrected chi connectivity index (χ4v) is 5.69. The summed E-state index contributed by atoms with van der Waals surface area (Å²) in [6.45, 7) is 8.44. The predicted octanol–water partition coefficient (Wildman–Crippen LogP) is 3.05. The van der Waals surface area contributed by atoms with E-state index >= 15 is 0 Å². The van der Waals surface area contributed by atoms with E-state index in [9.17, 15) is 13.2 Å². The molecule has 2 saturated heterocycles. The second-order valence-corrected chi connectivity index (χ2v) is 10.7. The fourth-order valence-electron chi connectivity index (χ4n) is 4.56. The number of piperidine rings is 2. The lowest BCUT2D eigenvalue weighted by Crippen LogP contribution is -2.53. The topological polar surface area (TPSA) is 73.0 Å². The average molecular weight is 437 g/mol. The van der Waals surface area contributed by atoms with Crippen molar-refractivity contribution in [2.45, 2.75) is 52.0 Å². The van der Waals surface area contributed by atoms with Crippen LogP contribution in [0.15, 0.2) is 18.2 Å². The molecule has 2 fully saturated rings. The number of carbonyl (C=O) groups excluding carboxylic acids is 1. The summed E-state index contributed by atoms with van der Waals surface area (Å²) in [4.78, 5) is 17.0. The summed E-state index contributed by atoms with van der Waals surface area (Å²) >= 11 is 0. The van der Waals surface area contributed by atoms with Gasteiger partial charge in [-0.2, -0.15) is 4.31 Å². The van der Waals surface area contributed by atoms with Crippen LogP contribution >= 0.6 is 0 Å². The average Bonchev–Trinajstić information content (AvgIpc) is 2.70. The molecule has 0 aliphatic carbocycles. The lowest BCUT2D eigenvalue weighted by molar-refractivity contribution is 0.146. The van der Waals surface area contributed by atoms with E-state index in [0.717, 1.165) is 49.3 Å². The van der Waals surface area contributed by atoms with Gasteiger partial charge in [-0.05, 0) is 64.3 Å². The maximum atomic E-state index is 12.9. The molecule has 2 aliphatic rings. The molecule has 0 radical (unpaired) electrons. The number of urea groups is 1. The standard InChI is InChI=1S/C22H36N4O3S/c1-18-9-10-21(19(2)16-18)23-22(27)25-13-7-8-20(17-25)26(30(3,28)29)15-14-24-11-5-4-6-12-24/h9-10,16,20H,4-8,11-15,17H2,1-3H3,(H,23,27). The molecule has 3 rings (SSSR count). The van der Waals surface area contributed by atoms with E-state index in [-0.39, 0.29) is 12.1 Å². The first-order chi connectivity index (χ1) is 14.2. The van der Waals surface area contributed by atoms with Crippen LogP contribution in [0.5, 0.6) is 0 Å². The highest BCUT2D eigenvalue weighted by atomic mass is 32.2. The van der Waals surface area contributed by atoms with Crippen LogP contribution in [-0.2, 0) is 10.0 Å². The third kappa shape index (κ3) is 6.18. The minimum Gasteiger partial charge on any atom is -0.323 e. The molecule has 0 saturated carbocycles. The molecule has 1 atom stereocenters. The number of amides is 2. The van der Waals surface area contributed by atoms with Crippen LogP contribution in [-0.4, -0.2) is 80.1 Å². The zero-order chi connectivity index (χ0) is 21.7. The van der Waals surface area contributed by atoms with Gasteiger partial charge in [0.15, 0.2) is 0 Å². The van der Waals surface area contributed by atoms with Gasteiger partial charge in [-0.25, -0.2) is 13.2 Å². The van der Waals surface area contributed by atoms with Crippen LogP contribution in [0.25, 0.3) is 0 Å². The summed E-state index contributed by atoms with van der Waals surface area (Å²) < 4.78 is 26.7. The lowest BCUT2D eigenvalue weighted by atomic mass is 10.1. The molecule has 2 amide bonds. The molecule has 30 heavy (non-hydrogen) atoms. The maximum absolute atomic E-state index is 12.9. The molecule has 0 spiro atoms. The minimum absolute atomic E-state index is 0.156. The zero-order valence-electron chi connectivity index (χ0n) is 18.6. The Hall–Kier alpha value is -1.64. The van der Waals surface area contributed by atoms with Crippen molar-refractivity contribution >= 4 is 21.7 Å². The largest absolute Gasteiger partial charge is 0.323 e. The van der Waals surface area contributed by atoms with E-state index in [1.807, 2.05) is 32.0 Å². The number of anilines is 1. The molecule has 7 nitrogen and oxygen atoms in total. The van der Waals surface area contributed by atoms with Crippen LogP contribution < -0.4 is 5.32 Å². The second kappa shape index (κ2) is 10.1. The third-order valence-corrected chi connectivity index (χ3v) is 7.56. The molecule has 0 aromatic heterocycles. The Balaban J connectivity index is 1.63. The van der Waals surface area contributed by atoms with Crippen LogP contribution in [0.1, 0.15) is 43.2 Å². The summed E-state index contributed by atoms with van der Waals surface area (Å²) in [5.41, 5.74) is 2.98. The number of nitrogens with one attached hydrogen (secondary N) is 1. The normalized spacial score (nSPS) is 21.1. The molecular weight excluding hydrogens is 400 g/mol. The van der Waals surface area contributed by atoms with Crippen molar-refractivity contribution in [2.75, 3.05) is 50.8 Å². The van der Waals surface area contributed by atoms with Crippen molar-refractivity contribution in [1.82, 2.24) is 14.1 Å². The van der Waals surface area contributed by atoms with Crippen molar-refractivity contribution < 1.29 is 13.2 Å². The number of rotatable bonds is 6. The molecule has 1 aromatic carbocycles. The van der Waals surface area contributed by atoms with Gasteiger partial charge in [-0.15, -0.1) is 0 Å². The van der Waals surface area contributed by atoms with Crippen LogP contribution in [0, 0.1) is 13.8 Å². The summed E-state index contributed by atoms with van der Waals surface area (Å²) in [5.74, 6) is 0. The van der Waals surface area contributed by atoms with Crippen molar-refractivity contribution in [3.63, 3.8) is 0 Å². The van der Waals surface area contributed by atoms with E-state index < -0.39 is 10.0 Å². The van der Waals surface area contributed by atoms with Gasteiger partial charge in [0, 0.05) is 37.9 Å². The minimum atomic E-state index is -3.34. The second-order valence-electron chi connectivity index (χ2n) is 8.77. The Bertz CT molecular complexity index is 837. The Morgan fingerprint density at radius 3 is 2.53 bits per heavy atom. The van der Waals surface area contributed by atoms with Gasteiger partial charge in [0.25, 0.3) is 0 Å². The van der Waals surface area contributed by atoms with Crippen molar-refractivity contribution in [3.8, 4) is 0 Å².